The molecule has 0 atom stereocenters. The lowest BCUT2D eigenvalue weighted by molar-refractivity contribution is 1.03. The first-order valence-electron chi connectivity index (χ1n) is 36.9. The van der Waals surface area contributed by atoms with E-state index in [2.05, 4.69) is 396 Å². The van der Waals surface area contributed by atoms with E-state index in [-0.39, 0.29) is 0 Å². The quantitative estimate of drug-likeness (QED) is 0.137. The first-order chi connectivity index (χ1) is 53.6. The van der Waals surface area contributed by atoms with Crippen molar-refractivity contribution in [3.8, 4) is 78.9 Å². The van der Waals surface area contributed by atoms with E-state index in [4.69, 9.17) is 4.98 Å². The van der Waals surface area contributed by atoms with Gasteiger partial charge in [-0.15, -0.1) is 0 Å². The first-order valence-corrected chi connectivity index (χ1v) is 36.9. The largest absolute Gasteiger partial charge is 0.309 e. The van der Waals surface area contributed by atoms with Crippen LogP contribution in [0.25, 0.3) is 210 Å². The zero-order valence-corrected chi connectivity index (χ0v) is 58.4. The Balaban J connectivity index is 0.904. The SMILES string of the molecule is c1ccc(-c2nc(-n3c4ccc(-n5c6ccccc6c6ccccc65)cc4c4cc(-n5c6ccccc6c6ccccc65)ccc43)c(-n3c4ccc(-n5c6ccccc6c6ccccc65)cc4c4cc(-n5c6ccccc6c6ccccc65)ccc43)c(-c3ccc(-c4ccncc4)cc3)c2-c2ccccc2)cc1. The maximum atomic E-state index is 6.46. The van der Waals surface area contributed by atoms with Crippen LogP contribution in [0.2, 0.25) is 0 Å². The van der Waals surface area contributed by atoms with Gasteiger partial charge < -0.3 is 22.8 Å². The molecule has 0 bridgehead atoms. The summed E-state index contributed by atoms with van der Waals surface area (Å²) in [6, 6.07) is 134. The van der Waals surface area contributed by atoms with Gasteiger partial charge in [0.15, 0.2) is 5.82 Å². The van der Waals surface area contributed by atoms with Crippen LogP contribution in [0.3, 0.4) is 0 Å². The third-order valence-electron chi connectivity index (χ3n) is 22.7. The highest BCUT2D eigenvalue weighted by Gasteiger charge is 2.32. The van der Waals surface area contributed by atoms with Gasteiger partial charge in [-0.2, -0.15) is 0 Å². The van der Waals surface area contributed by atoms with Crippen LogP contribution in [0.15, 0.2) is 376 Å². The molecule has 0 unspecified atom stereocenters. The molecule has 0 amide bonds. The third kappa shape index (κ3) is 8.80. The molecular weight excluding hydrogens is 1310 g/mol. The minimum absolute atomic E-state index is 0.771. The molecule has 0 N–H and O–H groups in total. The van der Waals surface area contributed by atoms with Crippen LogP contribution in [-0.4, -0.2) is 37.4 Å². The first kappa shape index (κ1) is 59.9. The van der Waals surface area contributed by atoms with Crippen molar-refractivity contribution in [1.29, 1.82) is 0 Å². The molecule has 0 saturated heterocycles. The van der Waals surface area contributed by atoms with Crippen molar-refractivity contribution in [2.45, 2.75) is 0 Å². The Morgan fingerprint density at radius 1 is 0.176 bits per heavy atom. The van der Waals surface area contributed by atoms with Crippen LogP contribution in [-0.2, 0) is 0 Å². The monoisotopic (exact) mass is 1370 g/mol. The summed E-state index contributed by atoms with van der Waals surface area (Å²) in [6.45, 7) is 0. The molecule has 8 heterocycles. The number of fused-ring (bicyclic) bond motifs is 18. The van der Waals surface area contributed by atoms with Gasteiger partial charge in [0.25, 0.3) is 0 Å². The Bertz CT molecular complexity index is 7100. The van der Waals surface area contributed by atoms with E-state index in [9.17, 15) is 0 Å². The number of pyridine rings is 2. The Morgan fingerprint density at radius 2 is 0.435 bits per heavy atom. The molecule has 502 valence electrons. The molecule has 108 heavy (non-hydrogen) atoms. The molecule has 0 spiro atoms. The summed E-state index contributed by atoms with van der Waals surface area (Å²) in [4.78, 5) is 10.9. The number of aromatic nitrogens is 8. The summed E-state index contributed by atoms with van der Waals surface area (Å²) in [6.07, 6.45) is 3.75. The minimum atomic E-state index is 0.771. The van der Waals surface area contributed by atoms with Crippen molar-refractivity contribution in [3.05, 3.63) is 376 Å². The van der Waals surface area contributed by atoms with E-state index in [1.807, 2.05) is 12.4 Å². The fourth-order valence-electron chi connectivity index (χ4n) is 18.1. The van der Waals surface area contributed by atoms with Crippen molar-refractivity contribution in [1.82, 2.24) is 37.4 Å². The van der Waals surface area contributed by atoms with Gasteiger partial charge in [0, 0.05) is 116 Å². The molecule has 0 saturated carbocycles. The highest BCUT2D eigenvalue weighted by atomic mass is 15.1. The second kappa shape index (κ2) is 23.5. The molecule has 8 heteroatoms. The summed E-state index contributed by atoms with van der Waals surface area (Å²) in [5.41, 5.74) is 26.6. The molecule has 0 aliphatic carbocycles. The van der Waals surface area contributed by atoms with Crippen molar-refractivity contribution in [2.75, 3.05) is 0 Å². The molecule has 23 rings (SSSR count). The summed E-state index contributed by atoms with van der Waals surface area (Å²) >= 11 is 0. The summed E-state index contributed by atoms with van der Waals surface area (Å²) in [5, 5.41) is 14.1. The van der Waals surface area contributed by atoms with Crippen LogP contribution >= 0.6 is 0 Å². The number of nitrogens with zero attached hydrogens (tertiary/aromatic N) is 8. The molecule has 8 aromatic heterocycles. The molecule has 23 aromatic rings. The summed E-state index contributed by atoms with van der Waals surface area (Å²) < 4.78 is 14.9. The van der Waals surface area contributed by atoms with Gasteiger partial charge in [-0.25, -0.2) is 4.98 Å². The fourth-order valence-corrected chi connectivity index (χ4v) is 18.1. The third-order valence-corrected chi connectivity index (χ3v) is 22.7. The van der Waals surface area contributed by atoms with Crippen LogP contribution in [0.5, 0.6) is 0 Å². The van der Waals surface area contributed by atoms with E-state index < -0.39 is 0 Å². The van der Waals surface area contributed by atoms with E-state index >= 15 is 0 Å². The van der Waals surface area contributed by atoms with Crippen LogP contribution in [0.1, 0.15) is 0 Å². The molecule has 0 aliphatic heterocycles. The van der Waals surface area contributed by atoms with Gasteiger partial charge in [-0.05, 0) is 156 Å². The maximum absolute atomic E-state index is 6.46. The van der Waals surface area contributed by atoms with Crippen molar-refractivity contribution in [2.24, 2.45) is 0 Å². The van der Waals surface area contributed by atoms with Gasteiger partial charge in [-0.1, -0.05) is 231 Å². The molecule has 0 aliphatic rings. The predicted octanol–water partition coefficient (Wildman–Crippen LogP) is 25.7. The van der Waals surface area contributed by atoms with Crippen LogP contribution < -0.4 is 0 Å². The minimum Gasteiger partial charge on any atom is -0.309 e. The molecule has 8 nitrogen and oxygen atoms in total. The number of hydrogen-bond donors (Lipinski definition) is 0. The molecule has 15 aromatic carbocycles. The van der Waals surface area contributed by atoms with E-state index in [1.165, 1.54) is 43.1 Å². The lowest BCUT2D eigenvalue weighted by Crippen LogP contribution is -2.11. The van der Waals surface area contributed by atoms with Crippen LogP contribution in [0, 0.1) is 0 Å². The van der Waals surface area contributed by atoms with Crippen molar-refractivity contribution >= 4 is 131 Å². The van der Waals surface area contributed by atoms with Gasteiger partial charge in [0.1, 0.15) is 0 Å². The summed E-state index contributed by atoms with van der Waals surface area (Å²) in [7, 11) is 0. The van der Waals surface area contributed by atoms with E-state index in [0.29, 0.717) is 0 Å². The second-order valence-corrected chi connectivity index (χ2v) is 28.4. The van der Waals surface area contributed by atoms with Crippen molar-refractivity contribution in [3.63, 3.8) is 0 Å². The Morgan fingerprint density at radius 3 is 0.769 bits per heavy atom. The van der Waals surface area contributed by atoms with E-state index in [1.54, 1.807) is 0 Å². The zero-order chi connectivity index (χ0) is 70.7. The number of para-hydroxylation sites is 8. The van der Waals surface area contributed by atoms with Gasteiger partial charge >= 0.3 is 0 Å². The standard InChI is InChI=1S/C100H62N8/c1-3-23-65(24-4-1)96-97(66-45-43-63(44-46-66)64-55-57-101-58-56-64)99(107-92-51-47-68(103-84-35-15-7-27-72(84)73-28-8-16-36-85(73)103)59-80(92)81-60-69(48-52-93(81)107)104-86-37-17-9-29-74(86)75-30-10-18-38-87(75)104)100(102-98(96)67-25-5-2-6-26-67)108-94-53-49-70(105-88-39-19-11-31-76(88)77-32-12-20-40-89(77)105)61-82(94)83-62-71(50-54-95(83)108)106-90-41-21-13-33-78(90)79-34-14-22-42-91(79)106/h1-62H. The average Bonchev–Trinajstić information content (AvgIpc) is 1.48. The second-order valence-electron chi connectivity index (χ2n) is 28.4. The Kier molecular flexibility index (Phi) is 13.0. The lowest BCUT2D eigenvalue weighted by Gasteiger charge is -2.25. The number of benzene rings is 15. The molecule has 0 radical (unpaired) electrons. The predicted molar refractivity (Wildman–Crippen MR) is 450 cm³/mol. The lowest BCUT2D eigenvalue weighted by atomic mass is 9.88. The number of rotatable bonds is 10. The average molecular weight is 1380 g/mol. The van der Waals surface area contributed by atoms with E-state index in [0.717, 1.165) is 167 Å². The smallest absolute Gasteiger partial charge is 0.163 e. The van der Waals surface area contributed by atoms with Gasteiger partial charge in [0.05, 0.1) is 77.6 Å². The normalized spacial score (nSPS) is 12.1. The Hall–Kier alpha value is -14.6. The topological polar surface area (TPSA) is 55.4 Å². The molecule has 0 fully saturated rings. The Labute approximate surface area is 619 Å². The number of hydrogen-bond acceptors (Lipinski definition) is 2. The van der Waals surface area contributed by atoms with Gasteiger partial charge in [-0.3, -0.25) is 9.55 Å². The molecular formula is C100H62N8. The van der Waals surface area contributed by atoms with Crippen molar-refractivity contribution < 1.29 is 0 Å². The fraction of sp³-hybridized carbons (Fsp3) is 0. The highest BCUT2D eigenvalue weighted by molar-refractivity contribution is 6.18. The maximum Gasteiger partial charge on any atom is 0.163 e. The van der Waals surface area contributed by atoms with Crippen LogP contribution in [0.4, 0.5) is 0 Å². The van der Waals surface area contributed by atoms with Gasteiger partial charge in [0.2, 0.25) is 0 Å². The zero-order valence-electron chi connectivity index (χ0n) is 58.4. The highest BCUT2D eigenvalue weighted by Crippen LogP contribution is 2.51. The summed E-state index contributed by atoms with van der Waals surface area (Å²) in [5.74, 6) is 0.771.